The van der Waals surface area contributed by atoms with Crippen LogP contribution in [0, 0.1) is 0 Å². The molecule has 0 aliphatic carbocycles. The molecule has 0 heterocycles. The average Bonchev–Trinajstić information content (AvgIpc) is 2.65. The quantitative estimate of drug-likeness (QED) is 0.220. The van der Waals surface area contributed by atoms with Crippen LogP contribution in [0.15, 0.2) is 62.5 Å². The summed E-state index contributed by atoms with van der Waals surface area (Å²) in [6.45, 7) is 0. The van der Waals surface area contributed by atoms with Gasteiger partial charge < -0.3 is 16.2 Å². The van der Waals surface area contributed by atoms with E-state index >= 15 is 0 Å². The third-order valence-corrected chi connectivity index (χ3v) is 5.90. The van der Waals surface area contributed by atoms with Crippen molar-refractivity contribution in [2.24, 2.45) is 10.2 Å². The van der Waals surface area contributed by atoms with Gasteiger partial charge in [0.15, 0.2) is 5.75 Å². The molecule has 0 bridgehead atoms. The van der Waals surface area contributed by atoms with Crippen LogP contribution in [0.2, 0.25) is 0 Å². The van der Waals surface area contributed by atoms with Gasteiger partial charge in [0.2, 0.25) is 0 Å². The zero-order chi connectivity index (χ0) is 22.3. The van der Waals surface area contributed by atoms with Crippen LogP contribution in [0.4, 0.5) is 22.7 Å². The number of anilines is 2. The topological polar surface area (TPSA) is 192 Å². The number of benzene rings is 3. The molecule has 158 valence electrons. The number of aromatic hydroxyl groups is 1. The highest BCUT2D eigenvalue weighted by Gasteiger charge is 2.23. The van der Waals surface area contributed by atoms with Crippen molar-refractivity contribution in [2.45, 2.75) is 9.79 Å². The van der Waals surface area contributed by atoms with Gasteiger partial charge in [0.1, 0.15) is 21.2 Å². The Kier molecular flexibility index (Phi) is 5.38. The number of phenolic OH excluding ortho intramolecular Hbond substituents is 1. The molecule has 13 heteroatoms. The van der Waals surface area contributed by atoms with Crippen molar-refractivity contribution >= 4 is 53.8 Å². The van der Waals surface area contributed by atoms with E-state index < -0.39 is 41.5 Å². The maximum atomic E-state index is 11.8. The molecule has 0 aromatic heterocycles. The fourth-order valence-electron chi connectivity index (χ4n) is 2.74. The molecule has 0 amide bonds. The minimum atomic E-state index is -4.85. The molecule has 0 saturated carbocycles. The molecule has 3 rings (SSSR count). The van der Waals surface area contributed by atoms with Crippen LogP contribution >= 0.6 is 0 Å². The standard InChI is InChI=1S/C17H16N4O7S2/c1-19-11-3-5-14(29(23,24)25)13(8-11)20-21-16-15(30(26,27)28)7-9-6-10(18)2-4-12(9)17(16)22/h2-8,19,22H,18H2,1H3,(H,23,24,25)(H,26,27,28). The molecule has 11 nitrogen and oxygen atoms in total. The van der Waals surface area contributed by atoms with Crippen LogP contribution in [0.1, 0.15) is 0 Å². The number of hydrogen-bond donors (Lipinski definition) is 5. The van der Waals surface area contributed by atoms with Gasteiger partial charge in [0.05, 0.1) is 0 Å². The van der Waals surface area contributed by atoms with Crippen molar-refractivity contribution in [3.63, 3.8) is 0 Å². The molecule has 0 spiro atoms. The van der Waals surface area contributed by atoms with E-state index in [9.17, 15) is 31.0 Å². The van der Waals surface area contributed by atoms with Crippen molar-refractivity contribution in [3.8, 4) is 5.75 Å². The lowest BCUT2D eigenvalue weighted by Gasteiger charge is -2.10. The van der Waals surface area contributed by atoms with Crippen molar-refractivity contribution in [3.05, 3.63) is 42.5 Å². The molecule has 3 aromatic rings. The Hall–Kier alpha value is -3.26. The molecule has 0 aliphatic heterocycles. The van der Waals surface area contributed by atoms with Crippen LogP contribution in [-0.4, -0.2) is 38.1 Å². The van der Waals surface area contributed by atoms with Gasteiger partial charge in [-0.25, -0.2) is 0 Å². The molecule has 6 N–H and O–H groups in total. The van der Waals surface area contributed by atoms with Crippen LogP contribution in [0.25, 0.3) is 10.8 Å². The highest BCUT2D eigenvalue weighted by molar-refractivity contribution is 7.86. The lowest BCUT2D eigenvalue weighted by molar-refractivity contribution is 0.472. The number of nitrogens with two attached hydrogens (primary N) is 1. The summed E-state index contributed by atoms with van der Waals surface area (Å²) in [5, 5.41) is 21.0. The Morgan fingerprint density at radius 1 is 0.900 bits per heavy atom. The first-order valence-corrected chi connectivity index (χ1v) is 11.0. The largest absolute Gasteiger partial charge is 0.505 e. The zero-order valence-corrected chi connectivity index (χ0v) is 16.9. The lowest BCUT2D eigenvalue weighted by Crippen LogP contribution is -2.00. The van der Waals surface area contributed by atoms with Gasteiger partial charge in [0.25, 0.3) is 20.2 Å². The third-order valence-electron chi connectivity index (χ3n) is 4.14. The van der Waals surface area contributed by atoms with Gasteiger partial charge in [-0.3, -0.25) is 9.11 Å². The maximum absolute atomic E-state index is 11.8. The summed E-state index contributed by atoms with van der Waals surface area (Å²) in [7, 11) is -7.97. The molecular formula is C17H16N4O7S2. The Morgan fingerprint density at radius 2 is 1.57 bits per heavy atom. The van der Waals surface area contributed by atoms with Crippen LogP contribution in [-0.2, 0) is 20.2 Å². The van der Waals surface area contributed by atoms with Crippen LogP contribution in [0.5, 0.6) is 5.75 Å². The number of rotatable bonds is 5. The predicted molar refractivity (Wildman–Crippen MR) is 110 cm³/mol. The molecule has 0 saturated heterocycles. The number of azo groups is 1. The second kappa shape index (κ2) is 7.53. The van der Waals surface area contributed by atoms with Crippen molar-refractivity contribution in [2.75, 3.05) is 18.1 Å². The average molecular weight is 452 g/mol. The summed E-state index contributed by atoms with van der Waals surface area (Å²) in [5.41, 5.74) is 5.43. The normalized spacial score (nSPS) is 12.5. The molecule has 3 aromatic carbocycles. The molecular weight excluding hydrogens is 436 g/mol. The van der Waals surface area contributed by atoms with E-state index in [4.69, 9.17) is 5.73 Å². The summed E-state index contributed by atoms with van der Waals surface area (Å²) in [4.78, 5) is -1.35. The van der Waals surface area contributed by atoms with Crippen molar-refractivity contribution in [1.29, 1.82) is 0 Å². The molecule has 0 aliphatic rings. The van der Waals surface area contributed by atoms with E-state index in [1.54, 1.807) is 7.05 Å². The summed E-state index contributed by atoms with van der Waals surface area (Å²) in [5.74, 6) is -0.623. The van der Waals surface area contributed by atoms with E-state index in [1.807, 2.05) is 0 Å². The highest BCUT2D eigenvalue weighted by atomic mass is 32.2. The first kappa shape index (κ1) is 21.4. The third kappa shape index (κ3) is 4.18. The number of hydrogen-bond acceptors (Lipinski definition) is 9. The molecule has 0 atom stereocenters. The second-order valence-electron chi connectivity index (χ2n) is 6.14. The lowest BCUT2D eigenvalue weighted by atomic mass is 10.1. The van der Waals surface area contributed by atoms with Crippen LogP contribution in [0.3, 0.4) is 0 Å². The van der Waals surface area contributed by atoms with E-state index in [2.05, 4.69) is 15.5 Å². The van der Waals surface area contributed by atoms with Gasteiger partial charge in [0, 0.05) is 23.8 Å². The van der Waals surface area contributed by atoms with E-state index in [-0.39, 0.29) is 16.5 Å². The summed E-state index contributed by atoms with van der Waals surface area (Å²) >= 11 is 0. The highest BCUT2D eigenvalue weighted by Crippen LogP contribution is 2.42. The van der Waals surface area contributed by atoms with Gasteiger partial charge in [-0.05, 0) is 47.9 Å². The first-order valence-electron chi connectivity index (χ1n) is 8.15. The van der Waals surface area contributed by atoms with Gasteiger partial charge in [-0.15, -0.1) is 10.2 Å². The SMILES string of the molecule is CNc1ccc(S(=O)(=O)O)c(N=Nc2c(S(=O)(=O)O)cc3cc(N)ccc3c2O)c1. The molecule has 30 heavy (non-hydrogen) atoms. The molecule has 0 fully saturated rings. The monoisotopic (exact) mass is 452 g/mol. The second-order valence-corrected chi connectivity index (χ2v) is 8.92. The Bertz CT molecular complexity index is 1400. The van der Waals surface area contributed by atoms with E-state index in [0.717, 1.165) is 12.1 Å². The summed E-state index contributed by atoms with van der Waals surface area (Å²) in [6, 6.07) is 8.98. The number of nitrogens with one attached hydrogen (secondary N) is 1. The van der Waals surface area contributed by atoms with Crippen molar-refractivity contribution < 1.29 is 31.0 Å². The van der Waals surface area contributed by atoms with Gasteiger partial charge in [-0.1, -0.05) is 0 Å². The number of fused-ring (bicyclic) bond motifs is 1. The van der Waals surface area contributed by atoms with Gasteiger partial charge in [-0.2, -0.15) is 16.8 Å². The fraction of sp³-hybridized carbons (Fsp3) is 0.0588. The first-order chi connectivity index (χ1) is 13.9. The zero-order valence-electron chi connectivity index (χ0n) is 15.3. The minimum absolute atomic E-state index is 0.171. The van der Waals surface area contributed by atoms with E-state index in [1.165, 1.54) is 30.3 Å². The summed E-state index contributed by atoms with van der Waals surface area (Å²) < 4.78 is 65.8. The predicted octanol–water partition coefficient (Wildman–Crippen LogP) is 3.08. The summed E-state index contributed by atoms with van der Waals surface area (Å²) in [6.07, 6.45) is 0. The Balaban J connectivity index is 2.30. The fourth-order valence-corrected chi connectivity index (χ4v) is 4.00. The number of nitrogen functional groups attached to an aromatic ring is 1. The maximum Gasteiger partial charge on any atom is 0.296 e. The van der Waals surface area contributed by atoms with Crippen molar-refractivity contribution in [1.82, 2.24) is 0 Å². The number of nitrogens with zero attached hydrogens (tertiary/aromatic N) is 2. The Morgan fingerprint density at radius 3 is 2.17 bits per heavy atom. The Labute approximate surface area is 171 Å². The van der Waals surface area contributed by atoms with Crippen LogP contribution < -0.4 is 11.1 Å². The smallest absolute Gasteiger partial charge is 0.296 e. The minimum Gasteiger partial charge on any atom is -0.505 e. The molecule has 0 radical (unpaired) electrons. The number of phenols is 1. The van der Waals surface area contributed by atoms with Gasteiger partial charge >= 0.3 is 0 Å². The van der Waals surface area contributed by atoms with E-state index in [0.29, 0.717) is 11.4 Å². The molecule has 0 unspecified atom stereocenters.